The Hall–Kier alpha value is -2.34. The van der Waals surface area contributed by atoms with Crippen LogP contribution in [-0.4, -0.2) is 22.4 Å². The lowest BCUT2D eigenvalue weighted by molar-refractivity contribution is -0.120. The van der Waals surface area contributed by atoms with Crippen molar-refractivity contribution in [2.45, 2.75) is 12.8 Å². The van der Waals surface area contributed by atoms with E-state index in [-0.39, 0.29) is 17.4 Å². The molecule has 128 valence electrons. The summed E-state index contributed by atoms with van der Waals surface area (Å²) in [6.45, 7) is 0. The topological polar surface area (TPSA) is 55.1 Å². The SMILES string of the molecule is O=C(Nc1ccc(-c2nc3cccc(F)c3o2)cc1)C1CCSCC1. The highest BCUT2D eigenvalue weighted by Crippen LogP contribution is 2.28. The number of halogens is 1. The number of carbonyl (C=O) groups excluding carboxylic acids is 1. The van der Waals surface area contributed by atoms with Crippen LogP contribution in [0, 0.1) is 11.7 Å². The summed E-state index contributed by atoms with van der Waals surface area (Å²) in [7, 11) is 0. The average molecular weight is 356 g/mol. The molecule has 0 radical (unpaired) electrons. The summed E-state index contributed by atoms with van der Waals surface area (Å²) in [5.41, 5.74) is 2.13. The molecule has 1 fully saturated rings. The molecule has 2 heterocycles. The minimum atomic E-state index is -0.425. The van der Waals surface area contributed by atoms with E-state index >= 15 is 0 Å². The normalized spacial score (nSPS) is 15.4. The van der Waals surface area contributed by atoms with Crippen molar-refractivity contribution in [3.8, 4) is 11.5 Å². The van der Waals surface area contributed by atoms with Crippen molar-refractivity contribution in [2.75, 3.05) is 16.8 Å². The first-order valence-corrected chi connectivity index (χ1v) is 9.40. The number of amides is 1. The van der Waals surface area contributed by atoms with E-state index in [0.717, 1.165) is 35.6 Å². The van der Waals surface area contributed by atoms with Crippen LogP contribution in [0.4, 0.5) is 10.1 Å². The Morgan fingerprint density at radius 2 is 1.92 bits per heavy atom. The van der Waals surface area contributed by atoms with Crippen molar-refractivity contribution >= 4 is 34.5 Å². The van der Waals surface area contributed by atoms with Crippen molar-refractivity contribution in [2.24, 2.45) is 5.92 Å². The van der Waals surface area contributed by atoms with Crippen LogP contribution in [0.3, 0.4) is 0 Å². The summed E-state index contributed by atoms with van der Waals surface area (Å²) in [4.78, 5) is 16.6. The maximum Gasteiger partial charge on any atom is 0.227 e. The second-order valence-electron chi connectivity index (χ2n) is 6.06. The number of hydrogen-bond acceptors (Lipinski definition) is 4. The van der Waals surface area contributed by atoms with E-state index in [1.807, 2.05) is 36.0 Å². The number of anilines is 1. The zero-order valence-electron chi connectivity index (χ0n) is 13.5. The maximum absolute atomic E-state index is 13.7. The molecule has 4 rings (SSSR count). The lowest BCUT2D eigenvalue weighted by Gasteiger charge is -2.20. The Labute approximate surface area is 148 Å². The highest BCUT2D eigenvalue weighted by Gasteiger charge is 2.21. The smallest absolute Gasteiger partial charge is 0.227 e. The Bertz CT molecular complexity index is 901. The predicted octanol–water partition coefficient (Wildman–Crippen LogP) is 4.72. The molecule has 0 saturated carbocycles. The number of nitrogens with zero attached hydrogens (tertiary/aromatic N) is 1. The number of rotatable bonds is 3. The van der Waals surface area contributed by atoms with Crippen molar-refractivity contribution < 1.29 is 13.6 Å². The molecule has 0 aliphatic carbocycles. The third-order valence-corrected chi connectivity index (χ3v) is 5.41. The molecule has 0 unspecified atom stereocenters. The van der Waals surface area contributed by atoms with Crippen molar-refractivity contribution in [3.63, 3.8) is 0 Å². The minimum Gasteiger partial charge on any atom is -0.433 e. The second kappa shape index (κ2) is 6.88. The van der Waals surface area contributed by atoms with Crippen molar-refractivity contribution in [1.29, 1.82) is 0 Å². The summed E-state index contributed by atoms with van der Waals surface area (Å²) < 4.78 is 19.2. The van der Waals surface area contributed by atoms with Crippen molar-refractivity contribution in [3.05, 3.63) is 48.3 Å². The fraction of sp³-hybridized carbons (Fsp3) is 0.263. The first-order chi connectivity index (χ1) is 12.2. The molecule has 6 heteroatoms. The number of carbonyl (C=O) groups is 1. The largest absolute Gasteiger partial charge is 0.433 e. The van der Waals surface area contributed by atoms with Crippen LogP contribution in [0.1, 0.15) is 12.8 Å². The molecule has 1 amide bonds. The van der Waals surface area contributed by atoms with Crippen molar-refractivity contribution in [1.82, 2.24) is 4.98 Å². The Morgan fingerprint density at radius 3 is 2.64 bits per heavy atom. The lowest BCUT2D eigenvalue weighted by atomic mass is 10.0. The van der Waals surface area contributed by atoms with Gasteiger partial charge in [0.2, 0.25) is 11.8 Å². The van der Waals surface area contributed by atoms with Crippen LogP contribution in [0.25, 0.3) is 22.6 Å². The molecule has 2 aromatic carbocycles. The summed E-state index contributed by atoms with van der Waals surface area (Å²) in [6.07, 6.45) is 1.87. The molecule has 0 bridgehead atoms. The van der Waals surface area contributed by atoms with Gasteiger partial charge in [-0.15, -0.1) is 0 Å². The van der Waals surface area contributed by atoms with Crippen LogP contribution in [-0.2, 0) is 4.79 Å². The zero-order valence-corrected chi connectivity index (χ0v) is 14.3. The summed E-state index contributed by atoms with van der Waals surface area (Å²) in [5.74, 6) is 2.21. The first kappa shape index (κ1) is 16.1. The summed E-state index contributed by atoms with van der Waals surface area (Å²) in [5, 5.41) is 2.97. The number of nitrogens with one attached hydrogen (secondary N) is 1. The van der Waals surface area contributed by atoms with Gasteiger partial charge in [0, 0.05) is 17.2 Å². The first-order valence-electron chi connectivity index (χ1n) is 8.25. The molecule has 4 nitrogen and oxygen atoms in total. The number of aromatic nitrogens is 1. The van der Waals surface area contributed by atoms with Crippen LogP contribution < -0.4 is 5.32 Å². The number of thioether (sulfide) groups is 1. The highest BCUT2D eigenvalue weighted by molar-refractivity contribution is 7.99. The van der Waals surface area contributed by atoms with Crippen LogP contribution in [0.15, 0.2) is 46.9 Å². The van der Waals surface area contributed by atoms with E-state index in [2.05, 4.69) is 10.3 Å². The van der Waals surface area contributed by atoms with Gasteiger partial charge < -0.3 is 9.73 Å². The third kappa shape index (κ3) is 3.39. The van der Waals surface area contributed by atoms with E-state index in [0.29, 0.717) is 11.4 Å². The van der Waals surface area contributed by atoms with Crippen LogP contribution in [0.2, 0.25) is 0 Å². The molecule has 0 spiro atoms. The van der Waals surface area contributed by atoms with E-state index < -0.39 is 5.82 Å². The van der Waals surface area contributed by atoms with E-state index in [9.17, 15) is 9.18 Å². The van der Waals surface area contributed by atoms with Gasteiger partial charge in [-0.05, 0) is 60.7 Å². The van der Waals surface area contributed by atoms with E-state index in [1.54, 1.807) is 12.1 Å². The molecule has 25 heavy (non-hydrogen) atoms. The molecule has 3 aromatic rings. The Balaban J connectivity index is 1.51. The summed E-state index contributed by atoms with van der Waals surface area (Å²) in [6, 6.07) is 11.9. The lowest BCUT2D eigenvalue weighted by Crippen LogP contribution is -2.26. The predicted molar refractivity (Wildman–Crippen MR) is 98.1 cm³/mol. The number of oxazole rings is 1. The third-order valence-electron chi connectivity index (χ3n) is 4.36. The van der Waals surface area contributed by atoms with Gasteiger partial charge in [-0.1, -0.05) is 6.07 Å². The number of hydrogen-bond donors (Lipinski definition) is 1. The molecule has 1 saturated heterocycles. The number of benzene rings is 2. The molecular formula is C19H17FN2O2S. The van der Waals surface area contributed by atoms with Gasteiger partial charge in [0.15, 0.2) is 11.4 Å². The van der Waals surface area contributed by atoms with E-state index in [4.69, 9.17) is 4.42 Å². The van der Waals surface area contributed by atoms with Gasteiger partial charge in [-0.2, -0.15) is 11.8 Å². The van der Waals surface area contributed by atoms with Gasteiger partial charge >= 0.3 is 0 Å². The standard InChI is InChI=1S/C19H17FN2O2S/c20-15-2-1-3-16-17(15)24-19(22-16)13-4-6-14(7-5-13)21-18(23)12-8-10-25-11-9-12/h1-7,12H,8-11H2,(H,21,23). The zero-order chi connectivity index (χ0) is 17.2. The monoisotopic (exact) mass is 356 g/mol. The van der Waals surface area contributed by atoms with Gasteiger partial charge in [0.05, 0.1) is 0 Å². The van der Waals surface area contributed by atoms with Gasteiger partial charge in [0.25, 0.3) is 0 Å². The van der Waals surface area contributed by atoms with E-state index in [1.165, 1.54) is 6.07 Å². The maximum atomic E-state index is 13.7. The summed E-state index contributed by atoms with van der Waals surface area (Å²) >= 11 is 1.90. The molecule has 1 aromatic heterocycles. The van der Waals surface area contributed by atoms with Gasteiger partial charge in [-0.25, -0.2) is 9.37 Å². The molecule has 1 aliphatic rings. The number of fused-ring (bicyclic) bond motifs is 1. The quantitative estimate of drug-likeness (QED) is 0.738. The fourth-order valence-electron chi connectivity index (χ4n) is 2.94. The molecular weight excluding hydrogens is 339 g/mol. The molecule has 1 N–H and O–H groups in total. The highest BCUT2D eigenvalue weighted by atomic mass is 32.2. The fourth-order valence-corrected chi connectivity index (χ4v) is 4.05. The Kier molecular flexibility index (Phi) is 4.44. The second-order valence-corrected chi connectivity index (χ2v) is 7.29. The minimum absolute atomic E-state index is 0.0805. The van der Waals surface area contributed by atoms with Crippen LogP contribution in [0.5, 0.6) is 0 Å². The average Bonchev–Trinajstić information content (AvgIpc) is 3.09. The van der Waals surface area contributed by atoms with Gasteiger partial charge in [0.1, 0.15) is 5.52 Å². The number of para-hydroxylation sites is 1. The van der Waals surface area contributed by atoms with Crippen LogP contribution >= 0.6 is 11.8 Å². The van der Waals surface area contributed by atoms with Gasteiger partial charge in [-0.3, -0.25) is 4.79 Å². The molecule has 1 aliphatic heterocycles. The molecule has 0 atom stereocenters. The Morgan fingerprint density at radius 1 is 1.16 bits per heavy atom.